The van der Waals surface area contributed by atoms with Crippen molar-refractivity contribution in [3.05, 3.63) is 35.9 Å². The molecule has 2 atom stereocenters. The second-order valence-electron chi connectivity index (χ2n) is 9.27. The van der Waals surface area contributed by atoms with E-state index in [2.05, 4.69) is 75.2 Å². The van der Waals surface area contributed by atoms with Gasteiger partial charge in [0.25, 0.3) is 0 Å². The van der Waals surface area contributed by atoms with Gasteiger partial charge in [-0.25, -0.2) is 0 Å². The first-order chi connectivity index (χ1) is 12.3. The van der Waals surface area contributed by atoms with E-state index in [1.165, 1.54) is 61.9 Å². The molecule has 0 N–H and O–H groups in total. The topological polar surface area (TPSA) is 9.23 Å². The highest BCUT2D eigenvalue weighted by Gasteiger charge is 2.36. The minimum atomic E-state index is -1.70. The van der Waals surface area contributed by atoms with Gasteiger partial charge in [0.2, 0.25) is 0 Å². The predicted molar refractivity (Wildman–Crippen MR) is 124 cm³/mol. The van der Waals surface area contributed by atoms with Crippen molar-refractivity contribution in [3.63, 3.8) is 0 Å². The van der Waals surface area contributed by atoms with Gasteiger partial charge in [-0.3, -0.25) is 0 Å². The van der Waals surface area contributed by atoms with Gasteiger partial charge >= 0.3 is 0 Å². The first-order valence-corrected chi connectivity index (χ1v) is 18.0. The Morgan fingerprint density at radius 3 is 2.27 bits per heavy atom. The Bertz CT molecular complexity index is 511. The zero-order chi connectivity index (χ0) is 19.0. The van der Waals surface area contributed by atoms with Crippen LogP contribution in [0.1, 0.15) is 56.9 Å². The summed E-state index contributed by atoms with van der Waals surface area (Å²) in [6, 6.07) is 13.7. The fourth-order valence-corrected chi connectivity index (χ4v) is 16.0. The summed E-state index contributed by atoms with van der Waals surface area (Å²) in [5.41, 5.74) is 1.51. The van der Waals surface area contributed by atoms with E-state index in [0.717, 1.165) is 5.25 Å². The van der Waals surface area contributed by atoms with Crippen LogP contribution < -0.4 is 0 Å². The van der Waals surface area contributed by atoms with Gasteiger partial charge in [-0.1, -0.05) is 56.5 Å². The lowest BCUT2D eigenvalue weighted by Gasteiger charge is -2.37. The molecule has 1 saturated carbocycles. The number of rotatable bonds is 10. The van der Waals surface area contributed by atoms with Crippen molar-refractivity contribution in [2.75, 3.05) is 5.75 Å². The third kappa shape index (κ3) is 7.91. The van der Waals surface area contributed by atoms with Gasteiger partial charge in [-0.2, -0.15) is 11.8 Å². The Balaban J connectivity index is 2.00. The quantitative estimate of drug-likeness (QED) is 0.367. The van der Waals surface area contributed by atoms with Crippen molar-refractivity contribution >= 4 is 28.4 Å². The molecule has 0 heterocycles. The largest absolute Gasteiger partial charge is 0.455 e. The standard InChI is InChI=1S/C22H40OSSi2/c1-6-20(21-13-9-7-10-14-21)19-26(5,23-25(2,3)4)18-17-24-22-15-11-8-12-16-22/h7,9-10,13-14,20,22H,6,8,11-12,15-19H2,1-5H3. The minimum Gasteiger partial charge on any atom is -0.455 e. The molecule has 0 aromatic heterocycles. The molecule has 2 rings (SSSR count). The molecule has 1 fully saturated rings. The monoisotopic (exact) mass is 408 g/mol. The normalized spacial score (nSPS) is 19.9. The molecule has 4 heteroatoms. The van der Waals surface area contributed by atoms with Crippen LogP contribution in [0.4, 0.5) is 0 Å². The van der Waals surface area contributed by atoms with E-state index >= 15 is 0 Å². The molecule has 0 aliphatic heterocycles. The predicted octanol–water partition coefficient (Wildman–Crippen LogP) is 7.67. The summed E-state index contributed by atoms with van der Waals surface area (Å²) in [4.78, 5) is 0. The van der Waals surface area contributed by atoms with Crippen LogP contribution in [0.5, 0.6) is 0 Å². The van der Waals surface area contributed by atoms with E-state index in [1.54, 1.807) is 0 Å². The molecule has 1 aliphatic rings. The van der Waals surface area contributed by atoms with Crippen molar-refractivity contribution < 1.29 is 4.12 Å². The number of hydrogen-bond donors (Lipinski definition) is 0. The van der Waals surface area contributed by atoms with E-state index in [0.29, 0.717) is 5.92 Å². The van der Waals surface area contributed by atoms with Crippen molar-refractivity contribution in [2.45, 2.75) is 94.9 Å². The van der Waals surface area contributed by atoms with Crippen LogP contribution in [-0.2, 0) is 4.12 Å². The molecule has 148 valence electrons. The van der Waals surface area contributed by atoms with Crippen LogP contribution in [0.15, 0.2) is 30.3 Å². The summed E-state index contributed by atoms with van der Waals surface area (Å²) in [5.74, 6) is 1.97. The Kier molecular flexibility index (Phi) is 8.98. The third-order valence-electron chi connectivity index (χ3n) is 5.53. The van der Waals surface area contributed by atoms with Gasteiger partial charge in [-0.15, -0.1) is 0 Å². The molecule has 26 heavy (non-hydrogen) atoms. The first-order valence-electron chi connectivity index (χ1n) is 10.7. The van der Waals surface area contributed by atoms with Crippen molar-refractivity contribution in [1.29, 1.82) is 0 Å². The van der Waals surface area contributed by atoms with E-state index in [4.69, 9.17) is 4.12 Å². The molecule has 1 aliphatic carbocycles. The van der Waals surface area contributed by atoms with Gasteiger partial charge < -0.3 is 4.12 Å². The second kappa shape index (κ2) is 10.5. The first kappa shape index (κ1) is 22.3. The summed E-state index contributed by atoms with van der Waals surface area (Å²) in [7, 11) is -3.21. The minimum absolute atomic E-state index is 0.656. The van der Waals surface area contributed by atoms with Gasteiger partial charge in [0.1, 0.15) is 0 Å². The molecule has 2 unspecified atom stereocenters. The maximum atomic E-state index is 6.93. The molecule has 0 amide bonds. The SMILES string of the molecule is CCC(C[Si](C)(CCSC1CCCCC1)O[Si](C)(C)C)c1ccccc1. The van der Waals surface area contributed by atoms with Gasteiger partial charge in [-0.05, 0) is 74.8 Å². The molecule has 0 spiro atoms. The van der Waals surface area contributed by atoms with Crippen molar-refractivity contribution in [3.8, 4) is 0 Å². The molecular formula is C22H40OSSi2. The molecular weight excluding hydrogens is 368 g/mol. The van der Waals surface area contributed by atoms with Gasteiger partial charge in [0.05, 0.1) is 0 Å². The summed E-state index contributed by atoms with van der Waals surface area (Å²) in [5, 5.41) is 0.921. The molecule has 1 nitrogen and oxygen atoms in total. The third-order valence-corrected chi connectivity index (χ3v) is 14.4. The van der Waals surface area contributed by atoms with Crippen LogP contribution in [0, 0.1) is 0 Å². The molecule has 1 aromatic carbocycles. The second-order valence-corrected chi connectivity index (χ2v) is 19.5. The number of hydrogen-bond acceptors (Lipinski definition) is 2. The van der Waals surface area contributed by atoms with Crippen molar-refractivity contribution in [1.82, 2.24) is 0 Å². The summed E-state index contributed by atoms with van der Waals surface area (Å²) in [6.45, 7) is 12.0. The van der Waals surface area contributed by atoms with Crippen molar-refractivity contribution in [2.24, 2.45) is 0 Å². The zero-order valence-corrected chi connectivity index (χ0v) is 20.5. The van der Waals surface area contributed by atoms with E-state index < -0.39 is 16.6 Å². The highest BCUT2D eigenvalue weighted by molar-refractivity contribution is 8.00. The maximum Gasteiger partial charge on any atom is 0.177 e. The van der Waals surface area contributed by atoms with E-state index in [1.807, 2.05) is 0 Å². The summed E-state index contributed by atoms with van der Waals surface area (Å²) < 4.78 is 6.93. The van der Waals surface area contributed by atoms with E-state index in [-0.39, 0.29) is 0 Å². The average Bonchev–Trinajstić information content (AvgIpc) is 2.60. The average molecular weight is 409 g/mol. The Morgan fingerprint density at radius 1 is 1.04 bits per heavy atom. The lowest BCUT2D eigenvalue weighted by molar-refractivity contribution is 0.514. The lowest BCUT2D eigenvalue weighted by atomic mass is 9.99. The maximum absolute atomic E-state index is 6.93. The van der Waals surface area contributed by atoms with Gasteiger partial charge in [0.15, 0.2) is 16.6 Å². The molecule has 0 radical (unpaired) electrons. The molecule has 1 aromatic rings. The fourth-order valence-electron chi connectivity index (χ4n) is 4.35. The highest BCUT2D eigenvalue weighted by atomic mass is 32.2. The van der Waals surface area contributed by atoms with Crippen LogP contribution in [0.2, 0.25) is 38.3 Å². The van der Waals surface area contributed by atoms with Gasteiger partial charge in [0, 0.05) is 5.25 Å². The molecule has 0 bridgehead atoms. The highest BCUT2D eigenvalue weighted by Crippen LogP contribution is 2.36. The Labute approximate surface area is 169 Å². The van der Waals surface area contributed by atoms with Crippen LogP contribution >= 0.6 is 11.8 Å². The fraction of sp³-hybridized carbons (Fsp3) is 0.727. The summed E-state index contributed by atoms with van der Waals surface area (Å²) in [6.07, 6.45) is 8.46. The number of benzene rings is 1. The van der Waals surface area contributed by atoms with Crippen LogP contribution in [0.25, 0.3) is 0 Å². The lowest BCUT2D eigenvalue weighted by Crippen LogP contribution is -2.46. The van der Waals surface area contributed by atoms with E-state index in [9.17, 15) is 0 Å². The number of thioether (sulfide) groups is 1. The molecule has 0 saturated heterocycles. The Morgan fingerprint density at radius 2 is 1.69 bits per heavy atom. The Hall–Kier alpha value is -0.0362. The van der Waals surface area contributed by atoms with Crippen LogP contribution in [0.3, 0.4) is 0 Å². The smallest absolute Gasteiger partial charge is 0.177 e. The zero-order valence-electron chi connectivity index (χ0n) is 17.7. The van der Waals surface area contributed by atoms with Crippen LogP contribution in [-0.4, -0.2) is 27.6 Å². The summed E-state index contributed by atoms with van der Waals surface area (Å²) >= 11 is 2.25.